The molecular formula is C7H6BrN5OS. The van der Waals surface area contributed by atoms with Crippen molar-refractivity contribution in [2.24, 2.45) is 0 Å². The smallest absolute Gasteiger partial charge is 0.293 e. The first-order chi connectivity index (χ1) is 7.25. The Morgan fingerprint density at radius 2 is 2.47 bits per heavy atom. The molecule has 8 heteroatoms. The minimum atomic E-state index is -0.340. The predicted molar refractivity (Wildman–Crippen MR) is 57.4 cm³/mol. The van der Waals surface area contributed by atoms with E-state index >= 15 is 0 Å². The lowest BCUT2D eigenvalue weighted by Gasteiger charge is -1.98. The van der Waals surface area contributed by atoms with E-state index in [1.165, 1.54) is 0 Å². The summed E-state index contributed by atoms with van der Waals surface area (Å²) in [5.74, 6) is -0.293. The Balaban J connectivity index is 1.91. The Morgan fingerprint density at radius 3 is 3.07 bits per heavy atom. The number of nitrogens with zero attached hydrogens (tertiary/aromatic N) is 3. The van der Waals surface area contributed by atoms with Crippen LogP contribution in [0.25, 0.3) is 0 Å². The SMILES string of the molecule is O=C(NCc1ccc(Br)s1)c1nn[nH]n1. The highest BCUT2D eigenvalue weighted by molar-refractivity contribution is 9.11. The number of nitrogens with one attached hydrogen (secondary N) is 2. The molecule has 0 radical (unpaired) electrons. The maximum absolute atomic E-state index is 11.4. The van der Waals surface area contributed by atoms with Gasteiger partial charge in [0.15, 0.2) is 0 Å². The predicted octanol–water partition coefficient (Wildman–Crippen LogP) is 0.954. The van der Waals surface area contributed by atoms with Crippen LogP contribution in [0.2, 0.25) is 0 Å². The van der Waals surface area contributed by atoms with Gasteiger partial charge in [-0.05, 0) is 33.3 Å². The number of amides is 1. The zero-order chi connectivity index (χ0) is 10.7. The Hall–Kier alpha value is -1.28. The zero-order valence-corrected chi connectivity index (χ0v) is 9.80. The number of tetrazole rings is 1. The number of H-pyrrole nitrogens is 1. The number of hydrogen-bond acceptors (Lipinski definition) is 5. The second-order valence-electron chi connectivity index (χ2n) is 2.62. The summed E-state index contributed by atoms with van der Waals surface area (Å²) >= 11 is 4.91. The minimum Gasteiger partial charge on any atom is -0.344 e. The van der Waals surface area contributed by atoms with Gasteiger partial charge >= 0.3 is 0 Å². The number of aromatic nitrogens is 4. The highest BCUT2D eigenvalue weighted by Crippen LogP contribution is 2.21. The molecule has 2 aromatic rings. The van der Waals surface area contributed by atoms with Gasteiger partial charge in [-0.2, -0.15) is 5.21 Å². The van der Waals surface area contributed by atoms with E-state index < -0.39 is 0 Å². The van der Waals surface area contributed by atoms with Crippen molar-refractivity contribution in [3.8, 4) is 0 Å². The van der Waals surface area contributed by atoms with Crippen molar-refractivity contribution < 1.29 is 4.79 Å². The van der Waals surface area contributed by atoms with Gasteiger partial charge in [0.1, 0.15) is 0 Å². The lowest BCUT2D eigenvalue weighted by molar-refractivity contribution is 0.0941. The summed E-state index contributed by atoms with van der Waals surface area (Å²) in [4.78, 5) is 12.4. The second-order valence-corrected chi connectivity index (χ2v) is 5.17. The van der Waals surface area contributed by atoms with Crippen LogP contribution in [0.1, 0.15) is 15.5 Å². The largest absolute Gasteiger partial charge is 0.344 e. The first-order valence-electron chi connectivity index (χ1n) is 4.01. The third kappa shape index (κ3) is 2.60. The summed E-state index contributed by atoms with van der Waals surface area (Å²) in [7, 11) is 0. The normalized spacial score (nSPS) is 10.2. The highest BCUT2D eigenvalue weighted by Gasteiger charge is 2.10. The fraction of sp³-hybridized carbons (Fsp3) is 0.143. The molecule has 15 heavy (non-hydrogen) atoms. The Morgan fingerprint density at radius 1 is 1.60 bits per heavy atom. The van der Waals surface area contributed by atoms with Crippen molar-refractivity contribution in [3.63, 3.8) is 0 Å². The van der Waals surface area contributed by atoms with Crippen LogP contribution in [-0.4, -0.2) is 26.5 Å². The maximum atomic E-state index is 11.4. The first-order valence-corrected chi connectivity index (χ1v) is 5.62. The number of halogens is 1. The summed E-state index contributed by atoms with van der Waals surface area (Å²) in [5, 5.41) is 15.3. The minimum absolute atomic E-state index is 0.0469. The number of rotatable bonds is 3. The summed E-state index contributed by atoms with van der Waals surface area (Å²) in [6.07, 6.45) is 0. The Bertz CT molecular complexity index is 454. The average molecular weight is 288 g/mol. The van der Waals surface area contributed by atoms with Crippen LogP contribution in [0.15, 0.2) is 15.9 Å². The second kappa shape index (κ2) is 4.49. The molecule has 1 amide bonds. The van der Waals surface area contributed by atoms with Gasteiger partial charge in [-0.15, -0.1) is 21.5 Å². The van der Waals surface area contributed by atoms with Crippen molar-refractivity contribution >= 4 is 33.2 Å². The maximum Gasteiger partial charge on any atom is 0.293 e. The number of thiophene rings is 1. The van der Waals surface area contributed by atoms with Crippen molar-refractivity contribution in [2.45, 2.75) is 6.54 Å². The van der Waals surface area contributed by atoms with Crippen LogP contribution in [0.5, 0.6) is 0 Å². The molecule has 0 saturated carbocycles. The summed E-state index contributed by atoms with van der Waals surface area (Å²) < 4.78 is 1.03. The fourth-order valence-corrected chi connectivity index (χ4v) is 2.37. The van der Waals surface area contributed by atoms with Crippen LogP contribution in [0.4, 0.5) is 0 Å². The van der Waals surface area contributed by atoms with Crippen LogP contribution >= 0.6 is 27.3 Å². The molecular weight excluding hydrogens is 282 g/mol. The monoisotopic (exact) mass is 287 g/mol. The van der Waals surface area contributed by atoms with E-state index in [1.54, 1.807) is 11.3 Å². The number of carbonyl (C=O) groups is 1. The molecule has 0 atom stereocenters. The van der Waals surface area contributed by atoms with Crippen molar-refractivity contribution in [1.29, 1.82) is 0 Å². The van der Waals surface area contributed by atoms with Crippen LogP contribution in [0.3, 0.4) is 0 Å². The first kappa shape index (κ1) is 10.2. The standard InChI is InChI=1S/C7H6BrN5OS/c8-5-2-1-4(15-5)3-9-7(14)6-10-12-13-11-6/h1-2H,3H2,(H,9,14)(H,10,11,12,13). The lowest BCUT2D eigenvalue weighted by Crippen LogP contribution is -2.23. The van der Waals surface area contributed by atoms with Gasteiger partial charge in [-0.25, -0.2) is 0 Å². The highest BCUT2D eigenvalue weighted by atomic mass is 79.9. The van der Waals surface area contributed by atoms with Crippen LogP contribution < -0.4 is 5.32 Å². The van der Waals surface area contributed by atoms with Gasteiger partial charge in [0, 0.05) is 4.88 Å². The molecule has 0 aliphatic heterocycles. The molecule has 0 aromatic carbocycles. The molecule has 0 saturated heterocycles. The summed E-state index contributed by atoms with van der Waals surface area (Å²) in [6, 6.07) is 3.87. The van der Waals surface area contributed by atoms with E-state index in [0.717, 1.165) is 8.66 Å². The molecule has 78 valence electrons. The Labute approximate surface area is 97.2 Å². The van der Waals surface area contributed by atoms with E-state index in [4.69, 9.17) is 0 Å². The molecule has 0 bridgehead atoms. The molecule has 2 heterocycles. The molecule has 2 rings (SSSR count). The molecule has 6 nitrogen and oxygen atoms in total. The average Bonchev–Trinajstić information content (AvgIpc) is 2.84. The van der Waals surface area contributed by atoms with E-state index in [0.29, 0.717) is 6.54 Å². The molecule has 0 aliphatic rings. The van der Waals surface area contributed by atoms with Gasteiger partial charge in [0.25, 0.3) is 11.7 Å². The third-order valence-electron chi connectivity index (χ3n) is 1.60. The topological polar surface area (TPSA) is 83.6 Å². The molecule has 0 aliphatic carbocycles. The number of hydrogen-bond donors (Lipinski definition) is 2. The van der Waals surface area contributed by atoms with Crippen molar-refractivity contribution in [1.82, 2.24) is 25.9 Å². The molecule has 2 N–H and O–H groups in total. The molecule has 0 unspecified atom stereocenters. The Kier molecular flexibility index (Phi) is 3.07. The number of aromatic amines is 1. The van der Waals surface area contributed by atoms with Crippen molar-refractivity contribution in [3.05, 3.63) is 26.6 Å². The van der Waals surface area contributed by atoms with E-state index in [1.807, 2.05) is 12.1 Å². The van der Waals surface area contributed by atoms with Gasteiger partial charge in [-0.1, -0.05) is 0 Å². The van der Waals surface area contributed by atoms with E-state index in [9.17, 15) is 4.79 Å². The van der Waals surface area contributed by atoms with Gasteiger partial charge in [0.2, 0.25) is 0 Å². The summed E-state index contributed by atoms with van der Waals surface area (Å²) in [6.45, 7) is 0.462. The van der Waals surface area contributed by atoms with Gasteiger partial charge in [0.05, 0.1) is 10.3 Å². The molecule has 2 aromatic heterocycles. The number of carbonyl (C=O) groups excluding carboxylic acids is 1. The van der Waals surface area contributed by atoms with Gasteiger partial charge < -0.3 is 5.32 Å². The lowest BCUT2D eigenvalue weighted by atomic mass is 10.4. The fourth-order valence-electron chi connectivity index (χ4n) is 0.951. The zero-order valence-electron chi connectivity index (χ0n) is 7.40. The quantitative estimate of drug-likeness (QED) is 0.881. The summed E-state index contributed by atoms with van der Waals surface area (Å²) in [5.41, 5.74) is 0. The molecule has 0 fully saturated rings. The van der Waals surface area contributed by atoms with E-state index in [-0.39, 0.29) is 11.7 Å². The van der Waals surface area contributed by atoms with Crippen molar-refractivity contribution in [2.75, 3.05) is 0 Å². The third-order valence-corrected chi connectivity index (χ3v) is 3.22. The van der Waals surface area contributed by atoms with E-state index in [2.05, 4.69) is 41.9 Å². The van der Waals surface area contributed by atoms with Crippen LogP contribution in [0, 0.1) is 0 Å². The van der Waals surface area contributed by atoms with Crippen LogP contribution in [-0.2, 0) is 6.54 Å². The molecule has 0 spiro atoms. The van der Waals surface area contributed by atoms with Gasteiger partial charge in [-0.3, -0.25) is 4.79 Å².